The normalized spacial score (nSPS) is 17.6. The van der Waals surface area contributed by atoms with Crippen LogP contribution in [0.3, 0.4) is 0 Å². The quantitative estimate of drug-likeness (QED) is 0.906. The lowest BCUT2D eigenvalue weighted by atomic mass is 10.0. The van der Waals surface area contributed by atoms with Crippen LogP contribution in [0.5, 0.6) is 0 Å². The lowest BCUT2D eigenvalue weighted by molar-refractivity contribution is 0.0145. The molecule has 3 nitrogen and oxygen atoms in total. The summed E-state index contributed by atoms with van der Waals surface area (Å²) in [4.78, 5) is 2.00. The summed E-state index contributed by atoms with van der Waals surface area (Å²) in [5.41, 5.74) is 0.569. The zero-order valence-corrected chi connectivity index (χ0v) is 11.2. The van der Waals surface area contributed by atoms with Gasteiger partial charge in [-0.1, -0.05) is 18.9 Å². The second-order valence-electron chi connectivity index (χ2n) is 5.52. The van der Waals surface area contributed by atoms with Gasteiger partial charge in [0.25, 0.3) is 0 Å². The molecule has 0 radical (unpaired) electrons. The lowest BCUT2D eigenvalue weighted by Gasteiger charge is -2.28. The molecule has 0 unspecified atom stereocenters. The molecular formula is C15H19FN2O. The van der Waals surface area contributed by atoms with Crippen LogP contribution in [-0.4, -0.2) is 29.2 Å². The molecule has 4 heteroatoms. The minimum absolute atomic E-state index is 0.366. The van der Waals surface area contributed by atoms with Gasteiger partial charge in [-0.05, 0) is 37.6 Å². The molecule has 0 spiro atoms. The lowest BCUT2D eigenvalue weighted by Crippen LogP contribution is -2.38. The van der Waals surface area contributed by atoms with E-state index >= 15 is 0 Å². The minimum atomic E-state index is -0.596. The van der Waals surface area contributed by atoms with E-state index in [0.29, 0.717) is 18.7 Å². The summed E-state index contributed by atoms with van der Waals surface area (Å²) >= 11 is 0. The van der Waals surface area contributed by atoms with E-state index in [-0.39, 0.29) is 0 Å². The summed E-state index contributed by atoms with van der Waals surface area (Å²) in [5, 5.41) is 19.3. The fraction of sp³-hybridized carbons (Fsp3) is 0.533. The van der Waals surface area contributed by atoms with Crippen molar-refractivity contribution in [2.24, 2.45) is 0 Å². The molecular weight excluding hydrogens is 243 g/mol. The van der Waals surface area contributed by atoms with Crippen molar-refractivity contribution >= 4 is 0 Å². The van der Waals surface area contributed by atoms with Crippen LogP contribution in [0.15, 0.2) is 18.2 Å². The van der Waals surface area contributed by atoms with Crippen molar-refractivity contribution in [2.45, 2.75) is 37.8 Å². The van der Waals surface area contributed by atoms with Gasteiger partial charge in [-0.2, -0.15) is 5.26 Å². The maximum Gasteiger partial charge on any atom is 0.124 e. The zero-order valence-electron chi connectivity index (χ0n) is 11.2. The van der Waals surface area contributed by atoms with E-state index in [9.17, 15) is 9.50 Å². The van der Waals surface area contributed by atoms with Crippen LogP contribution in [0.4, 0.5) is 4.39 Å². The topological polar surface area (TPSA) is 47.3 Å². The standard InChI is InChI=1S/C15H19FN2O/c1-18(11-15(19)6-2-3-7-15)10-12-4-5-14(16)8-13(12)9-17/h4-5,8,19H,2-3,6-7,10-11H2,1H3. The Morgan fingerprint density at radius 1 is 1.42 bits per heavy atom. The van der Waals surface area contributed by atoms with Crippen LogP contribution < -0.4 is 0 Å². The third kappa shape index (κ3) is 3.52. The van der Waals surface area contributed by atoms with Gasteiger partial charge in [-0.25, -0.2) is 4.39 Å². The van der Waals surface area contributed by atoms with Crippen molar-refractivity contribution < 1.29 is 9.50 Å². The van der Waals surface area contributed by atoms with Crippen molar-refractivity contribution in [3.63, 3.8) is 0 Å². The Morgan fingerprint density at radius 3 is 2.74 bits per heavy atom. The fourth-order valence-electron chi connectivity index (χ4n) is 2.83. The smallest absolute Gasteiger partial charge is 0.124 e. The Hall–Kier alpha value is -1.44. The van der Waals surface area contributed by atoms with E-state index in [0.717, 1.165) is 31.2 Å². The van der Waals surface area contributed by atoms with Crippen LogP contribution in [0.1, 0.15) is 36.8 Å². The fourth-order valence-corrected chi connectivity index (χ4v) is 2.83. The first-order chi connectivity index (χ1) is 9.02. The maximum absolute atomic E-state index is 13.1. The molecule has 2 rings (SSSR count). The van der Waals surface area contributed by atoms with Gasteiger partial charge in [0.05, 0.1) is 17.2 Å². The van der Waals surface area contributed by atoms with E-state index in [1.54, 1.807) is 6.07 Å². The van der Waals surface area contributed by atoms with E-state index in [4.69, 9.17) is 5.26 Å². The molecule has 1 aromatic rings. The van der Waals surface area contributed by atoms with Crippen LogP contribution in [0.25, 0.3) is 0 Å². The molecule has 0 bridgehead atoms. The zero-order chi connectivity index (χ0) is 13.9. The van der Waals surface area contributed by atoms with Gasteiger partial charge >= 0.3 is 0 Å². The second-order valence-corrected chi connectivity index (χ2v) is 5.52. The number of aliphatic hydroxyl groups is 1. The van der Waals surface area contributed by atoms with Crippen molar-refractivity contribution in [3.8, 4) is 6.07 Å². The van der Waals surface area contributed by atoms with Gasteiger partial charge in [-0.3, -0.25) is 4.90 Å². The number of rotatable bonds is 4. The summed E-state index contributed by atoms with van der Waals surface area (Å²) in [6.45, 7) is 1.14. The Morgan fingerprint density at radius 2 is 2.11 bits per heavy atom. The Bertz CT molecular complexity index is 489. The first-order valence-corrected chi connectivity index (χ1v) is 6.62. The largest absolute Gasteiger partial charge is 0.389 e. The average Bonchev–Trinajstić information content (AvgIpc) is 2.77. The summed E-state index contributed by atoms with van der Waals surface area (Å²) in [6.07, 6.45) is 3.83. The second kappa shape index (κ2) is 5.68. The molecule has 0 amide bonds. The van der Waals surface area contributed by atoms with E-state index in [2.05, 4.69) is 0 Å². The third-order valence-corrected chi connectivity index (χ3v) is 3.73. The molecule has 1 N–H and O–H groups in total. The van der Waals surface area contributed by atoms with Gasteiger partial charge in [0.2, 0.25) is 0 Å². The molecule has 1 aliphatic carbocycles. The number of benzene rings is 1. The molecule has 102 valence electrons. The SMILES string of the molecule is CN(Cc1ccc(F)cc1C#N)CC1(O)CCCC1. The number of halogens is 1. The van der Waals surface area contributed by atoms with E-state index < -0.39 is 11.4 Å². The van der Waals surface area contributed by atoms with Crippen LogP contribution in [0, 0.1) is 17.1 Å². The molecule has 0 saturated heterocycles. The first kappa shape index (κ1) is 14.0. The van der Waals surface area contributed by atoms with Gasteiger partial charge in [-0.15, -0.1) is 0 Å². The number of likely N-dealkylation sites (N-methyl/N-ethyl adjacent to an activating group) is 1. The van der Waals surface area contributed by atoms with Crippen molar-refractivity contribution in [2.75, 3.05) is 13.6 Å². The highest BCUT2D eigenvalue weighted by Gasteiger charge is 2.32. The molecule has 1 aromatic carbocycles. The molecule has 0 atom stereocenters. The molecule has 0 aliphatic heterocycles. The van der Waals surface area contributed by atoms with Crippen molar-refractivity contribution in [1.82, 2.24) is 4.90 Å². The Labute approximate surface area is 113 Å². The van der Waals surface area contributed by atoms with Gasteiger partial charge < -0.3 is 5.11 Å². The van der Waals surface area contributed by atoms with Crippen molar-refractivity contribution in [1.29, 1.82) is 5.26 Å². The van der Waals surface area contributed by atoms with Crippen LogP contribution in [-0.2, 0) is 6.54 Å². The van der Waals surface area contributed by atoms with Gasteiger partial charge in [0.15, 0.2) is 0 Å². The predicted octanol–water partition coefficient (Wildman–Crippen LogP) is 2.43. The van der Waals surface area contributed by atoms with Crippen molar-refractivity contribution in [3.05, 3.63) is 35.1 Å². The average molecular weight is 262 g/mol. The van der Waals surface area contributed by atoms with Gasteiger partial charge in [0, 0.05) is 13.1 Å². The van der Waals surface area contributed by atoms with E-state index in [1.165, 1.54) is 12.1 Å². The van der Waals surface area contributed by atoms with Crippen LogP contribution in [0.2, 0.25) is 0 Å². The highest BCUT2D eigenvalue weighted by molar-refractivity contribution is 5.37. The first-order valence-electron chi connectivity index (χ1n) is 6.62. The summed E-state index contributed by atoms with van der Waals surface area (Å²) in [5.74, 6) is -0.391. The number of nitrogens with zero attached hydrogens (tertiary/aromatic N) is 2. The third-order valence-electron chi connectivity index (χ3n) is 3.73. The summed E-state index contributed by atoms with van der Waals surface area (Å²) < 4.78 is 13.1. The van der Waals surface area contributed by atoms with Crippen LogP contribution >= 0.6 is 0 Å². The predicted molar refractivity (Wildman–Crippen MR) is 70.9 cm³/mol. The summed E-state index contributed by atoms with van der Waals surface area (Å²) in [6, 6.07) is 6.28. The maximum atomic E-state index is 13.1. The number of hydrogen-bond acceptors (Lipinski definition) is 3. The Kier molecular flexibility index (Phi) is 4.18. The number of hydrogen-bond donors (Lipinski definition) is 1. The monoisotopic (exact) mass is 262 g/mol. The molecule has 0 heterocycles. The number of nitriles is 1. The molecule has 0 aromatic heterocycles. The molecule has 1 aliphatic rings. The van der Waals surface area contributed by atoms with E-state index in [1.807, 2.05) is 18.0 Å². The van der Waals surface area contributed by atoms with Gasteiger partial charge in [0.1, 0.15) is 5.82 Å². The highest BCUT2D eigenvalue weighted by Crippen LogP contribution is 2.30. The Balaban J connectivity index is 2.03. The minimum Gasteiger partial charge on any atom is -0.389 e. The highest BCUT2D eigenvalue weighted by atomic mass is 19.1. The molecule has 1 saturated carbocycles. The summed E-state index contributed by atoms with van der Waals surface area (Å²) in [7, 11) is 1.92. The molecule has 1 fully saturated rings. The molecule has 19 heavy (non-hydrogen) atoms.